The van der Waals surface area contributed by atoms with Crippen molar-refractivity contribution in [3.63, 3.8) is 0 Å². The monoisotopic (exact) mass is 593 g/mol. The van der Waals surface area contributed by atoms with Crippen molar-refractivity contribution in [1.82, 2.24) is 24.7 Å². The smallest absolute Gasteiger partial charge is 0.326 e. The molecule has 1 atom stereocenters. The van der Waals surface area contributed by atoms with Gasteiger partial charge in [-0.25, -0.2) is 9.59 Å². The second-order valence-electron chi connectivity index (χ2n) is 11.6. The van der Waals surface area contributed by atoms with Gasteiger partial charge in [-0.2, -0.15) is 0 Å². The lowest BCUT2D eigenvalue weighted by atomic mass is 10.0. The Balaban J connectivity index is 1.01. The van der Waals surface area contributed by atoms with Crippen molar-refractivity contribution in [1.29, 1.82) is 0 Å². The number of hydrogen-bond donors (Lipinski definition) is 2. The van der Waals surface area contributed by atoms with Crippen LogP contribution in [0.1, 0.15) is 49.3 Å². The second kappa shape index (κ2) is 13.7. The summed E-state index contributed by atoms with van der Waals surface area (Å²) in [5.74, 6) is 0.745. The minimum absolute atomic E-state index is 0.0189. The van der Waals surface area contributed by atoms with Crippen molar-refractivity contribution in [3.05, 3.63) is 113 Å². The maximum atomic E-state index is 13.5. The molecule has 1 aromatic heterocycles. The summed E-state index contributed by atoms with van der Waals surface area (Å²) in [6, 6.07) is 26.9. The first-order chi connectivity index (χ1) is 21.5. The topological polar surface area (TPSA) is 99.7 Å². The molecule has 228 valence electrons. The number of benzene rings is 3. The number of urea groups is 1. The van der Waals surface area contributed by atoms with Crippen LogP contribution in [-0.2, 0) is 17.9 Å². The molecule has 44 heavy (non-hydrogen) atoms. The summed E-state index contributed by atoms with van der Waals surface area (Å²) in [5.41, 5.74) is 3.75. The van der Waals surface area contributed by atoms with E-state index in [9.17, 15) is 14.4 Å². The largest absolute Gasteiger partial charge is 0.489 e. The molecule has 9 heteroatoms. The molecule has 0 unspecified atom stereocenters. The van der Waals surface area contributed by atoms with Crippen LogP contribution >= 0.6 is 0 Å². The van der Waals surface area contributed by atoms with Gasteiger partial charge in [-0.1, -0.05) is 72.8 Å². The number of ether oxygens (including phenoxy) is 1. The van der Waals surface area contributed by atoms with Crippen LogP contribution in [0.5, 0.6) is 5.75 Å². The summed E-state index contributed by atoms with van der Waals surface area (Å²) in [6.07, 6.45) is 5.64. The van der Waals surface area contributed by atoms with Gasteiger partial charge in [0, 0.05) is 38.4 Å². The molecule has 0 spiro atoms. The van der Waals surface area contributed by atoms with E-state index in [2.05, 4.69) is 10.3 Å². The van der Waals surface area contributed by atoms with E-state index in [0.29, 0.717) is 52.0 Å². The Morgan fingerprint density at radius 1 is 0.818 bits per heavy atom. The highest BCUT2D eigenvalue weighted by atomic mass is 16.5. The number of imidazole rings is 1. The quantitative estimate of drug-likeness (QED) is 0.288. The van der Waals surface area contributed by atoms with E-state index in [-0.39, 0.29) is 23.7 Å². The van der Waals surface area contributed by atoms with Crippen molar-refractivity contribution in [3.8, 4) is 17.0 Å². The van der Waals surface area contributed by atoms with Crippen molar-refractivity contribution >= 4 is 11.9 Å². The number of amides is 3. The third-order valence-electron chi connectivity index (χ3n) is 8.60. The number of aromatic nitrogens is 2. The second-order valence-corrected chi connectivity index (χ2v) is 11.6. The molecule has 3 amide bonds. The van der Waals surface area contributed by atoms with Crippen LogP contribution < -0.4 is 15.7 Å². The molecule has 0 aliphatic carbocycles. The Morgan fingerprint density at radius 2 is 1.52 bits per heavy atom. The first-order valence-electron chi connectivity index (χ1n) is 15.5. The zero-order valence-corrected chi connectivity index (χ0v) is 24.9. The zero-order chi connectivity index (χ0) is 30.3. The Labute approximate surface area is 257 Å². The number of rotatable bonds is 8. The highest BCUT2D eigenvalue weighted by Gasteiger charge is 2.31. The van der Waals surface area contributed by atoms with E-state index < -0.39 is 6.04 Å². The maximum Gasteiger partial charge on any atom is 0.326 e. The standard InChI is InChI=1S/C35H39N5O4/c41-33-31(13-7-8-20-39(33)23-26-14-16-30(17-15-26)44-25-27-9-3-1-4-10-27)36-34(42)38-21-18-29(19-22-38)40-24-32(37-35(40)43)28-11-5-2-6-12-28/h1-6,9-12,14-17,24,29,31H,7-8,13,18-23,25H2,(H,36,42)(H,37,43)/t31-/m1/s1. The average Bonchev–Trinajstić information content (AvgIpc) is 3.38. The number of likely N-dealkylation sites (tertiary alicyclic amines) is 2. The molecule has 2 aliphatic heterocycles. The Hall–Kier alpha value is -4.79. The first kappa shape index (κ1) is 29.3. The van der Waals surface area contributed by atoms with Crippen LogP contribution in [-0.4, -0.2) is 57.0 Å². The SMILES string of the molecule is O=C(N[C@@H]1CCCCN(Cc2ccc(OCc3ccccc3)cc2)C1=O)N1CCC(n2cc(-c3ccccc3)[nH]c2=O)CC1. The van der Waals surface area contributed by atoms with Crippen LogP contribution in [0.15, 0.2) is 95.9 Å². The van der Waals surface area contributed by atoms with E-state index in [4.69, 9.17) is 4.74 Å². The van der Waals surface area contributed by atoms with Crippen molar-refractivity contribution in [2.45, 2.75) is 57.3 Å². The molecular weight excluding hydrogens is 554 g/mol. The van der Waals surface area contributed by atoms with Gasteiger partial charge in [0.2, 0.25) is 5.91 Å². The van der Waals surface area contributed by atoms with Gasteiger partial charge in [-0.15, -0.1) is 0 Å². The minimum atomic E-state index is -0.545. The van der Waals surface area contributed by atoms with Gasteiger partial charge in [0.15, 0.2) is 0 Å². The number of carbonyl (C=O) groups is 2. The molecule has 2 saturated heterocycles. The summed E-state index contributed by atoms with van der Waals surface area (Å²) in [6.45, 7) is 2.71. The molecular formula is C35H39N5O4. The normalized spacial score (nSPS) is 17.7. The lowest BCUT2D eigenvalue weighted by Gasteiger charge is -2.33. The number of hydrogen-bond acceptors (Lipinski definition) is 4. The third-order valence-corrected chi connectivity index (χ3v) is 8.60. The number of H-pyrrole nitrogens is 1. The number of piperidine rings is 1. The average molecular weight is 594 g/mol. The van der Waals surface area contributed by atoms with Crippen molar-refractivity contribution < 1.29 is 14.3 Å². The number of carbonyl (C=O) groups excluding carboxylic acids is 2. The molecule has 0 radical (unpaired) electrons. The van der Waals surface area contributed by atoms with Crippen LogP contribution in [0.2, 0.25) is 0 Å². The number of nitrogens with zero attached hydrogens (tertiary/aromatic N) is 3. The van der Waals surface area contributed by atoms with Gasteiger partial charge in [0.1, 0.15) is 18.4 Å². The highest BCUT2D eigenvalue weighted by Crippen LogP contribution is 2.24. The van der Waals surface area contributed by atoms with Gasteiger partial charge in [0.25, 0.3) is 0 Å². The summed E-state index contributed by atoms with van der Waals surface area (Å²) in [7, 11) is 0. The number of aromatic amines is 1. The summed E-state index contributed by atoms with van der Waals surface area (Å²) in [4.78, 5) is 46.0. The van der Waals surface area contributed by atoms with Gasteiger partial charge < -0.3 is 24.8 Å². The molecule has 0 bridgehead atoms. The van der Waals surface area contributed by atoms with Crippen molar-refractivity contribution in [2.75, 3.05) is 19.6 Å². The van der Waals surface area contributed by atoms with Gasteiger partial charge in [0.05, 0.1) is 5.69 Å². The van der Waals surface area contributed by atoms with Crippen LogP contribution in [0.4, 0.5) is 4.79 Å². The fraction of sp³-hybridized carbons (Fsp3) is 0.343. The fourth-order valence-electron chi connectivity index (χ4n) is 6.08. The molecule has 2 aliphatic rings. The fourth-order valence-corrected chi connectivity index (χ4v) is 6.08. The Kier molecular flexibility index (Phi) is 9.10. The van der Waals surface area contributed by atoms with Crippen LogP contribution in [0, 0.1) is 0 Å². The third kappa shape index (κ3) is 7.05. The highest BCUT2D eigenvalue weighted by molar-refractivity contribution is 5.87. The van der Waals surface area contributed by atoms with Crippen LogP contribution in [0.25, 0.3) is 11.3 Å². The number of nitrogens with one attached hydrogen (secondary N) is 2. The predicted molar refractivity (Wildman–Crippen MR) is 169 cm³/mol. The van der Waals surface area contributed by atoms with E-state index in [0.717, 1.165) is 41.0 Å². The van der Waals surface area contributed by atoms with Gasteiger partial charge in [-0.05, 0) is 60.9 Å². The Bertz CT molecular complexity index is 1590. The summed E-state index contributed by atoms with van der Waals surface area (Å²) in [5, 5.41) is 3.03. The van der Waals surface area contributed by atoms with E-state index >= 15 is 0 Å². The van der Waals surface area contributed by atoms with E-state index in [1.807, 2.05) is 96.0 Å². The van der Waals surface area contributed by atoms with E-state index in [1.165, 1.54) is 0 Å². The maximum absolute atomic E-state index is 13.5. The first-order valence-corrected chi connectivity index (χ1v) is 15.5. The lowest BCUT2D eigenvalue weighted by Crippen LogP contribution is -2.53. The summed E-state index contributed by atoms with van der Waals surface area (Å²) < 4.78 is 7.66. The van der Waals surface area contributed by atoms with Gasteiger partial charge >= 0.3 is 11.7 Å². The molecule has 3 aromatic carbocycles. The molecule has 2 fully saturated rings. The molecule has 4 aromatic rings. The summed E-state index contributed by atoms with van der Waals surface area (Å²) >= 11 is 0. The molecule has 3 heterocycles. The molecule has 2 N–H and O–H groups in total. The Morgan fingerprint density at radius 3 is 2.25 bits per heavy atom. The molecule has 9 nitrogen and oxygen atoms in total. The predicted octanol–water partition coefficient (Wildman–Crippen LogP) is 5.35. The lowest BCUT2D eigenvalue weighted by molar-refractivity contribution is -0.133. The van der Waals surface area contributed by atoms with Gasteiger partial charge in [-0.3, -0.25) is 9.36 Å². The minimum Gasteiger partial charge on any atom is -0.489 e. The molecule has 6 rings (SSSR count). The zero-order valence-electron chi connectivity index (χ0n) is 24.9. The molecule has 0 saturated carbocycles. The van der Waals surface area contributed by atoms with E-state index in [1.54, 1.807) is 9.47 Å². The van der Waals surface area contributed by atoms with Crippen LogP contribution in [0.3, 0.4) is 0 Å². The van der Waals surface area contributed by atoms with Crippen molar-refractivity contribution in [2.24, 2.45) is 0 Å².